The molecule has 0 aliphatic heterocycles. The van der Waals surface area contributed by atoms with Crippen LogP contribution in [0.25, 0.3) is 0 Å². The van der Waals surface area contributed by atoms with E-state index in [4.69, 9.17) is 9.63 Å². The third-order valence-electron chi connectivity index (χ3n) is 2.03. The number of aromatic nitrogens is 2. The number of benzene rings is 1. The van der Waals surface area contributed by atoms with Crippen LogP contribution in [0.2, 0.25) is 0 Å². The lowest BCUT2D eigenvalue weighted by atomic mass is 10.3. The van der Waals surface area contributed by atoms with Crippen molar-refractivity contribution in [3.05, 3.63) is 36.0 Å². The van der Waals surface area contributed by atoms with Crippen molar-refractivity contribution in [1.29, 1.82) is 0 Å². The van der Waals surface area contributed by atoms with E-state index in [0.717, 1.165) is 17.1 Å². The van der Waals surface area contributed by atoms with Gasteiger partial charge in [-0.1, -0.05) is 12.1 Å². The van der Waals surface area contributed by atoms with Gasteiger partial charge in [-0.3, -0.25) is 0 Å². The Balaban J connectivity index is 1.94. The van der Waals surface area contributed by atoms with Crippen molar-refractivity contribution in [3.8, 4) is 5.75 Å². The van der Waals surface area contributed by atoms with E-state index >= 15 is 0 Å². The fourth-order valence-electron chi connectivity index (χ4n) is 1.18. The monoisotopic (exact) mass is 236 g/mol. The zero-order valence-electron chi connectivity index (χ0n) is 8.88. The second-order valence-corrected chi connectivity index (χ2v) is 4.29. The Hall–Kier alpha value is -1.49. The highest BCUT2D eigenvalue weighted by Crippen LogP contribution is 2.23. The third-order valence-corrected chi connectivity index (χ3v) is 3.02. The smallest absolute Gasteiger partial charge is 0.237 e. The number of aryl methyl sites for hydroxylation is 1. The summed E-state index contributed by atoms with van der Waals surface area (Å²) in [7, 11) is 0. The van der Waals surface area contributed by atoms with E-state index in [1.54, 1.807) is 23.9 Å². The van der Waals surface area contributed by atoms with Gasteiger partial charge < -0.3 is 9.63 Å². The van der Waals surface area contributed by atoms with E-state index in [1.165, 1.54) is 0 Å². The van der Waals surface area contributed by atoms with Crippen molar-refractivity contribution in [2.24, 2.45) is 0 Å². The summed E-state index contributed by atoms with van der Waals surface area (Å²) in [6.07, 6.45) is 0.785. The van der Waals surface area contributed by atoms with Crippen molar-refractivity contribution in [2.45, 2.75) is 24.0 Å². The molecule has 0 saturated carbocycles. The summed E-state index contributed by atoms with van der Waals surface area (Å²) in [4.78, 5) is 5.28. The molecule has 2 rings (SSSR count). The van der Waals surface area contributed by atoms with Crippen LogP contribution in [0.15, 0.2) is 33.7 Å². The SMILES string of the molecule is CCc1noc(CSc2ccc(O)cc2)n1. The number of rotatable bonds is 4. The molecule has 84 valence electrons. The summed E-state index contributed by atoms with van der Waals surface area (Å²) in [5.74, 6) is 2.30. The molecule has 16 heavy (non-hydrogen) atoms. The zero-order chi connectivity index (χ0) is 11.4. The van der Waals surface area contributed by atoms with E-state index in [0.29, 0.717) is 11.6 Å². The van der Waals surface area contributed by atoms with Gasteiger partial charge in [0, 0.05) is 11.3 Å². The number of hydrogen-bond donors (Lipinski definition) is 1. The second kappa shape index (κ2) is 5.03. The average molecular weight is 236 g/mol. The van der Waals surface area contributed by atoms with Crippen molar-refractivity contribution < 1.29 is 9.63 Å². The van der Waals surface area contributed by atoms with Crippen molar-refractivity contribution in [1.82, 2.24) is 10.1 Å². The van der Waals surface area contributed by atoms with Gasteiger partial charge in [-0.25, -0.2) is 0 Å². The molecule has 1 aromatic heterocycles. The number of nitrogens with zero attached hydrogens (tertiary/aromatic N) is 2. The molecule has 1 N–H and O–H groups in total. The first-order valence-corrected chi connectivity index (χ1v) is 6.00. The lowest BCUT2D eigenvalue weighted by Gasteiger charge is -1.97. The lowest BCUT2D eigenvalue weighted by Crippen LogP contribution is -1.84. The van der Waals surface area contributed by atoms with Crippen LogP contribution in [-0.2, 0) is 12.2 Å². The molecule has 0 bridgehead atoms. The molecule has 0 saturated heterocycles. The summed E-state index contributed by atoms with van der Waals surface area (Å²) in [6, 6.07) is 7.04. The average Bonchev–Trinajstić information content (AvgIpc) is 2.76. The van der Waals surface area contributed by atoms with Gasteiger partial charge in [0.2, 0.25) is 5.89 Å². The summed E-state index contributed by atoms with van der Waals surface area (Å²) in [5.41, 5.74) is 0. The topological polar surface area (TPSA) is 59.2 Å². The van der Waals surface area contributed by atoms with Crippen molar-refractivity contribution in [2.75, 3.05) is 0 Å². The van der Waals surface area contributed by atoms with Gasteiger partial charge in [0.25, 0.3) is 0 Å². The number of phenols is 1. The minimum atomic E-state index is 0.274. The van der Waals surface area contributed by atoms with Crippen molar-refractivity contribution in [3.63, 3.8) is 0 Å². The van der Waals surface area contributed by atoms with E-state index in [-0.39, 0.29) is 5.75 Å². The van der Waals surface area contributed by atoms with Crippen molar-refractivity contribution >= 4 is 11.8 Å². The van der Waals surface area contributed by atoms with Gasteiger partial charge in [-0.05, 0) is 24.3 Å². The number of thioether (sulfide) groups is 1. The first kappa shape index (κ1) is 11.0. The Morgan fingerprint density at radius 2 is 2.06 bits per heavy atom. The standard InChI is InChI=1S/C11H12N2O2S/c1-2-10-12-11(15-13-10)7-16-9-5-3-8(14)4-6-9/h3-6,14H,2,7H2,1H3. The predicted molar refractivity (Wildman–Crippen MR) is 61.3 cm³/mol. The van der Waals surface area contributed by atoms with E-state index in [1.807, 2.05) is 19.1 Å². The van der Waals surface area contributed by atoms with Crippen LogP contribution in [0, 0.1) is 0 Å². The Morgan fingerprint density at radius 3 is 2.69 bits per heavy atom. The van der Waals surface area contributed by atoms with Gasteiger partial charge in [-0.2, -0.15) is 4.98 Å². The number of aromatic hydroxyl groups is 1. The van der Waals surface area contributed by atoms with E-state index in [2.05, 4.69) is 10.1 Å². The first-order valence-electron chi connectivity index (χ1n) is 5.01. The summed E-state index contributed by atoms with van der Waals surface area (Å²) >= 11 is 1.60. The normalized spacial score (nSPS) is 10.6. The molecule has 0 fully saturated rings. The van der Waals surface area contributed by atoms with Gasteiger partial charge in [-0.15, -0.1) is 11.8 Å². The minimum absolute atomic E-state index is 0.274. The molecular weight excluding hydrogens is 224 g/mol. The first-order chi connectivity index (χ1) is 7.78. The van der Waals surface area contributed by atoms with Crippen LogP contribution < -0.4 is 0 Å². The largest absolute Gasteiger partial charge is 0.508 e. The molecule has 0 radical (unpaired) electrons. The maximum atomic E-state index is 9.13. The fourth-order valence-corrected chi connectivity index (χ4v) is 1.92. The summed E-state index contributed by atoms with van der Waals surface area (Å²) in [6.45, 7) is 1.99. The lowest BCUT2D eigenvalue weighted by molar-refractivity contribution is 0.385. The molecule has 0 spiro atoms. The van der Waals surface area contributed by atoms with Gasteiger partial charge >= 0.3 is 0 Å². The van der Waals surface area contributed by atoms with E-state index in [9.17, 15) is 0 Å². The molecule has 2 aromatic rings. The molecule has 0 aliphatic carbocycles. The van der Waals surface area contributed by atoms with Gasteiger partial charge in [0.15, 0.2) is 5.82 Å². The molecule has 5 heteroatoms. The number of phenolic OH excluding ortho intramolecular Hbond substituents is 1. The Morgan fingerprint density at radius 1 is 1.31 bits per heavy atom. The Labute approximate surface area is 97.7 Å². The highest BCUT2D eigenvalue weighted by Gasteiger charge is 2.04. The predicted octanol–water partition coefficient (Wildman–Crippen LogP) is 2.63. The van der Waals surface area contributed by atoms with Gasteiger partial charge in [0.05, 0.1) is 5.75 Å². The Bertz CT molecular complexity index is 453. The fraction of sp³-hybridized carbons (Fsp3) is 0.273. The molecule has 0 amide bonds. The molecule has 1 heterocycles. The van der Waals surface area contributed by atoms with Crippen LogP contribution in [0.5, 0.6) is 5.75 Å². The third kappa shape index (κ3) is 2.76. The van der Waals surface area contributed by atoms with Crippen LogP contribution in [-0.4, -0.2) is 15.2 Å². The molecule has 0 aliphatic rings. The molecule has 0 unspecified atom stereocenters. The van der Waals surface area contributed by atoms with Crippen LogP contribution >= 0.6 is 11.8 Å². The molecule has 4 nitrogen and oxygen atoms in total. The quantitative estimate of drug-likeness (QED) is 0.827. The number of hydrogen-bond acceptors (Lipinski definition) is 5. The zero-order valence-corrected chi connectivity index (χ0v) is 9.70. The summed E-state index contributed by atoms with van der Waals surface area (Å²) < 4.78 is 5.07. The van der Waals surface area contributed by atoms with Crippen LogP contribution in [0.3, 0.4) is 0 Å². The molecular formula is C11H12N2O2S. The maximum absolute atomic E-state index is 9.13. The highest BCUT2D eigenvalue weighted by atomic mass is 32.2. The minimum Gasteiger partial charge on any atom is -0.508 e. The Kier molecular flexibility index (Phi) is 3.46. The highest BCUT2D eigenvalue weighted by molar-refractivity contribution is 7.98. The maximum Gasteiger partial charge on any atom is 0.237 e. The molecule has 1 aromatic carbocycles. The van der Waals surface area contributed by atoms with Crippen LogP contribution in [0.4, 0.5) is 0 Å². The van der Waals surface area contributed by atoms with Gasteiger partial charge in [0.1, 0.15) is 5.75 Å². The molecule has 0 atom stereocenters. The van der Waals surface area contributed by atoms with Crippen LogP contribution in [0.1, 0.15) is 18.6 Å². The summed E-state index contributed by atoms with van der Waals surface area (Å²) in [5, 5.41) is 12.9. The second-order valence-electron chi connectivity index (χ2n) is 3.24. The van der Waals surface area contributed by atoms with E-state index < -0.39 is 0 Å².